The summed E-state index contributed by atoms with van der Waals surface area (Å²) in [5.41, 5.74) is 0.778. The molecule has 0 saturated heterocycles. The van der Waals surface area contributed by atoms with Gasteiger partial charge in [0.25, 0.3) is 0 Å². The van der Waals surface area contributed by atoms with E-state index in [1.54, 1.807) is 24.3 Å². The van der Waals surface area contributed by atoms with Crippen LogP contribution in [-0.4, -0.2) is 38.8 Å². The topological polar surface area (TPSA) is 66.5 Å². The molecule has 6 heteroatoms. The highest BCUT2D eigenvalue weighted by Gasteiger charge is 2.25. The standard InChI is InChI=1S/C17H28N2O3S/c1-12(16(20)18-13(2)17(3,4)5)14-8-10-15(11-9-14)23(21,22)19(6)7/h8-13H,1-7H3,(H,18,20)/t12-,13+/m1/s1. The van der Waals surface area contributed by atoms with Gasteiger partial charge < -0.3 is 5.32 Å². The minimum absolute atomic E-state index is 0.0149. The van der Waals surface area contributed by atoms with Crippen molar-refractivity contribution in [3.8, 4) is 0 Å². The molecule has 5 nitrogen and oxygen atoms in total. The molecule has 1 aromatic carbocycles. The van der Waals surface area contributed by atoms with Crippen molar-refractivity contribution in [2.24, 2.45) is 5.41 Å². The predicted molar refractivity (Wildman–Crippen MR) is 92.8 cm³/mol. The first-order chi connectivity index (χ1) is 10.4. The fraction of sp³-hybridized carbons (Fsp3) is 0.588. The average Bonchev–Trinajstić information content (AvgIpc) is 2.45. The van der Waals surface area contributed by atoms with Gasteiger partial charge in [0.1, 0.15) is 0 Å². The molecule has 0 bridgehead atoms. The van der Waals surface area contributed by atoms with Gasteiger partial charge in [0.05, 0.1) is 10.8 Å². The zero-order valence-corrected chi connectivity index (χ0v) is 15.9. The van der Waals surface area contributed by atoms with Gasteiger partial charge in [-0.2, -0.15) is 0 Å². The number of amides is 1. The van der Waals surface area contributed by atoms with Crippen molar-refractivity contribution in [1.82, 2.24) is 9.62 Å². The molecule has 0 aliphatic heterocycles. The SMILES string of the molecule is C[C@H](NC(=O)[C@H](C)c1ccc(S(=O)(=O)N(C)C)cc1)C(C)(C)C. The lowest BCUT2D eigenvalue weighted by Crippen LogP contribution is -2.43. The van der Waals surface area contributed by atoms with Crippen LogP contribution in [0.1, 0.15) is 46.1 Å². The van der Waals surface area contributed by atoms with Gasteiger partial charge in [-0.25, -0.2) is 12.7 Å². The average molecular weight is 340 g/mol. The minimum atomic E-state index is -3.45. The molecule has 0 saturated carbocycles. The zero-order valence-electron chi connectivity index (χ0n) is 15.0. The molecule has 0 radical (unpaired) electrons. The van der Waals surface area contributed by atoms with Crippen LogP contribution in [0.25, 0.3) is 0 Å². The Bertz CT molecular complexity index is 643. The number of benzene rings is 1. The van der Waals surface area contributed by atoms with Crippen molar-refractivity contribution >= 4 is 15.9 Å². The van der Waals surface area contributed by atoms with Gasteiger partial charge in [0.15, 0.2) is 0 Å². The quantitative estimate of drug-likeness (QED) is 0.896. The lowest BCUT2D eigenvalue weighted by atomic mass is 9.87. The number of carbonyl (C=O) groups is 1. The van der Waals surface area contributed by atoms with E-state index in [0.29, 0.717) is 0 Å². The van der Waals surface area contributed by atoms with Gasteiger partial charge in [-0.1, -0.05) is 32.9 Å². The number of sulfonamides is 1. The fourth-order valence-electron chi connectivity index (χ4n) is 1.85. The van der Waals surface area contributed by atoms with E-state index in [0.717, 1.165) is 5.56 Å². The number of hydrogen-bond acceptors (Lipinski definition) is 3. The molecule has 0 aromatic heterocycles. The summed E-state index contributed by atoms with van der Waals surface area (Å²) >= 11 is 0. The van der Waals surface area contributed by atoms with Crippen LogP contribution in [0.5, 0.6) is 0 Å². The van der Waals surface area contributed by atoms with Gasteiger partial charge >= 0.3 is 0 Å². The molecule has 0 heterocycles. The van der Waals surface area contributed by atoms with Gasteiger partial charge in [-0.3, -0.25) is 4.79 Å². The Kier molecular flexibility index (Phi) is 5.99. The summed E-state index contributed by atoms with van der Waals surface area (Å²) in [4.78, 5) is 12.6. The molecule has 23 heavy (non-hydrogen) atoms. The van der Waals surface area contributed by atoms with Crippen LogP contribution < -0.4 is 5.32 Å². The highest BCUT2D eigenvalue weighted by Crippen LogP contribution is 2.22. The first-order valence-corrected chi connectivity index (χ1v) is 9.14. The summed E-state index contributed by atoms with van der Waals surface area (Å²) in [5, 5.41) is 3.02. The maximum atomic E-state index is 12.4. The molecule has 0 aliphatic rings. The Labute approximate surface area is 140 Å². The predicted octanol–water partition coefficient (Wildman–Crippen LogP) is 2.59. The summed E-state index contributed by atoms with van der Waals surface area (Å²) < 4.78 is 25.3. The van der Waals surface area contributed by atoms with Crippen LogP contribution in [0.3, 0.4) is 0 Å². The molecule has 0 aliphatic carbocycles. The van der Waals surface area contributed by atoms with Gasteiger partial charge in [0, 0.05) is 20.1 Å². The van der Waals surface area contributed by atoms with Crippen molar-refractivity contribution in [3.05, 3.63) is 29.8 Å². The second kappa shape index (κ2) is 7.01. The first-order valence-electron chi connectivity index (χ1n) is 7.70. The van der Waals surface area contributed by atoms with E-state index in [2.05, 4.69) is 26.1 Å². The van der Waals surface area contributed by atoms with E-state index in [1.165, 1.54) is 18.4 Å². The summed E-state index contributed by atoms with van der Waals surface area (Å²) in [6.45, 7) is 10.0. The number of nitrogens with zero attached hydrogens (tertiary/aromatic N) is 1. The Hall–Kier alpha value is -1.40. The third kappa shape index (κ3) is 4.78. The van der Waals surface area contributed by atoms with Crippen molar-refractivity contribution in [2.45, 2.75) is 51.5 Å². The van der Waals surface area contributed by atoms with Crippen LogP contribution in [-0.2, 0) is 14.8 Å². The largest absolute Gasteiger partial charge is 0.353 e. The van der Waals surface area contributed by atoms with Crippen LogP contribution in [0, 0.1) is 5.41 Å². The van der Waals surface area contributed by atoms with E-state index in [-0.39, 0.29) is 28.2 Å². The van der Waals surface area contributed by atoms with Crippen molar-refractivity contribution in [2.75, 3.05) is 14.1 Å². The van der Waals surface area contributed by atoms with Crippen molar-refractivity contribution in [3.63, 3.8) is 0 Å². The van der Waals surface area contributed by atoms with Crippen molar-refractivity contribution < 1.29 is 13.2 Å². The lowest BCUT2D eigenvalue weighted by molar-refractivity contribution is -0.123. The highest BCUT2D eigenvalue weighted by molar-refractivity contribution is 7.89. The molecule has 1 rings (SSSR count). The monoisotopic (exact) mass is 340 g/mol. The third-order valence-electron chi connectivity index (χ3n) is 4.21. The van der Waals surface area contributed by atoms with Crippen LogP contribution in [0.15, 0.2) is 29.2 Å². The lowest BCUT2D eigenvalue weighted by Gasteiger charge is -2.29. The Balaban J connectivity index is 2.90. The van der Waals surface area contributed by atoms with Gasteiger partial charge in [-0.05, 0) is 37.0 Å². The van der Waals surface area contributed by atoms with Gasteiger partial charge in [-0.15, -0.1) is 0 Å². The maximum Gasteiger partial charge on any atom is 0.242 e. The number of nitrogens with one attached hydrogen (secondary N) is 1. The maximum absolute atomic E-state index is 12.4. The number of rotatable bonds is 5. The van der Waals surface area contributed by atoms with E-state index >= 15 is 0 Å². The second-order valence-electron chi connectivity index (χ2n) is 7.17. The van der Waals surface area contributed by atoms with Crippen molar-refractivity contribution in [1.29, 1.82) is 0 Å². The molecule has 1 amide bonds. The first kappa shape index (κ1) is 19.6. The molecule has 2 atom stereocenters. The molecule has 0 fully saturated rings. The van der Waals surface area contributed by atoms with Crippen LogP contribution in [0.2, 0.25) is 0 Å². The van der Waals surface area contributed by atoms with E-state index in [9.17, 15) is 13.2 Å². The molecular formula is C17H28N2O3S. The fourth-order valence-corrected chi connectivity index (χ4v) is 2.75. The van der Waals surface area contributed by atoms with E-state index in [1.807, 2.05) is 13.8 Å². The second-order valence-corrected chi connectivity index (χ2v) is 9.33. The minimum Gasteiger partial charge on any atom is -0.353 e. The highest BCUT2D eigenvalue weighted by atomic mass is 32.2. The summed E-state index contributed by atoms with van der Waals surface area (Å²) in [6.07, 6.45) is 0. The molecule has 130 valence electrons. The Morgan fingerprint density at radius 1 is 1.09 bits per heavy atom. The molecule has 0 spiro atoms. The number of hydrogen-bond donors (Lipinski definition) is 1. The van der Waals surface area contributed by atoms with E-state index in [4.69, 9.17) is 0 Å². The third-order valence-corrected chi connectivity index (χ3v) is 6.04. The summed E-state index contributed by atoms with van der Waals surface area (Å²) in [5.74, 6) is -0.397. The Morgan fingerprint density at radius 3 is 1.96 bits per heavy atom. The van der Waals surface area contributed by atoms with E-state index < -0.39 is 10.0 Å². The zero-order chi connectivity index (χ0) is 18.0. The van der Waals surface area contributed by atoms with Crippen LogP contribution in [0.4, 0.5) is 0 Å². The Morgan fingerprint density at radius 2 is 1.57 bits per heavy atom. The van der Waals surface area contributed by atoms with Gasteiger partial charge in [0.2, 0.25) is 15.9 Å². The number of carbonyl (C=O) groups excluding carboxylic acids is 1. The molecular weight excluding hydrogens is 312 g/mol. The normalized spacial score (nSPS) is 15.3. The smallest absolute Gasteiger partial charge is 0.242 e. The summed E-state index contributed by atoms with van der Waals surface area (Å²) in [7, 11) is -0.459. The molecule has 1 aromatic rings. The molecule has 0 unspecified atom stereocenters. The molecule has 1 N–H and O–H groups in total. The van der Waals surface area contributed by atoms with Crippen LogP contribution >= 0.6 is 0 Å². The summed E-state index contributed by atoms with van der Waals surface area (Å²) in [6, 6.07) is 6.53.